The van der Waals surface area contributed by atoms with E-state index in [0.29, 0.717) is 0 Å². The van der Waals surface area contributed by atoms with Gasteiger partial charge in [0.2, 0.25) is 0 Å². The highest BCUT2D eigenvalue weighted by Crippen LogP contribution is 2.14. The number of nitrogens with zero attached hydrogens (tertiary/aromatic N) is 2. The molecular weight excluding hydrogens is 170 g/mol. The van der Waals surface area contributed by atoms with Crippen LogP contribution in [-0.2, 0) is 0 Å². The number of nitrogens with two attached hydrogens (primary N) is 1. The third-order valence-corrected chi connectivity index (χ3v) is 2.84. The maximum atomic E-state index is 5.95. The molecule has 12 heavy (non-hydrogen) atoms. The SMILES string of the molecule is NC(CN1CCC1)c1cscn1. The molecule has 0 aliphatic carbocycles. The molecule has 1 unspecified atom stereocenters. The Bertz CT molecular complexity index is 230. The molecule has 0 bridgehead atoms. The third kappa shape index (κ3) is 1.65. The quantitative estimate of drug-likeness (QED) is 0.755. The zero-order valence-electron chi connectivity index (χ0n) is 6.94. The van der Waals surface area contributed by atoms with Gasteiger partial charge < -0.3 is 10.6 Å². The van der Waals surface area contributed by atoms with Gasteiger partial charge in [-0.15, -0.1) is 11.3 Å². The predicted octanol–water partition coefficient (Wildman–Crippen LogP) is 0.849. The molecule has 1 fully saturated rings. The second kappa shape index (κ2) is 3.51. The van der Waals surface area contributed by atoms with Gasteiger partial charge in [-0.05, 0) is 19.5 Å². The summed E-state index contributed by atoms with van der Waals surface area (Å²) in [5, 5.41) is 2.03. The molecule has 0 amide bonds. The summed E-state index contributed by atoms with van der Waals surface area (Å²) in [4.78, 5) is 6.56. The van der Waals surface area contributed by atoms with E-state index in [2.05, 4.69) is 9.88 Å². The number of hydrogen-bond acceptors (Lipinski definition) is 4. The van der Waals surface area contributed by atoms with Crippen molar-refractivity contribution in [3.8, 4) is 0 Å². The van der Waals surface area contributed by atoms with Gasteiger partial charge in [0, 0.05) is 11.9 Å². The minimum absolute atomic E-state index is 0.108. The molecule has 1 aliphatic heterocycles. The first kappa shape index (κ1) is 8.16. The van der Waals surface area contributed by atoms with E-state index in [-0.39, 0.29) is 6.04 Å². The van der Waals surface area contributed by atoms with E-state index < -0.39 is 0 Å². The van der Waals surface area contributed by atoms with Gasteiger partial charge in [-0.2, -0.15) is 0 Å². The zero-order chi connectivity index (χ0) is 8.39. The van der Waals surface area contributed by atoms with E-state index in [1.165, 1.54) is 19.5 Å². The highest BCUT2D eigenvalue weighted by molar-refractivity contribution is 7.07. The molecule has 1 saturated heterocycles. The van der Waals surface area contributed by atoms with Crippen LogP contribution in [0.4, 0.5) is 0 Å². The number of thiazole rings is 1. The van der Waals surface area contributed by atoms with Gasteiger partial charge in [0.1, 0.15) is 0 Å². The van der Waals surface area contributed by atoms with E-state index in [4.69, 9.17) is 5.73 Å². The van der Waals surface area contributed by atoms with Crippen LogP contribution in [0.1, 0.15) is 18.2 Å². The lowest BCUT2D eigenvalue weighted by atomic mass is 10.1. The van der Waals surface area contributed by atoms with Gasteiger partial charge >= 0.3 is 0 Å². The molecule has 1 atom stereocenters. The Morgan fingerprint density at radius 2 is 2.50 bits per heavy atom. The van der Waals surface area contributed by atoms with Crippen molar-refractivity contribution in [2.45, 2.75) is 12.5 Å². The Kier molecular flexibility index (Phi) is 2.39. The summed E-state index contributed by atoms with van der Waals surface area (Å²) in [5.74, 6) is 0. The molecule has 0 radical (unpaired) electrons. The highest BCUT2D eigenvalue weighted by atomic mass is 32.1. The summed E-state index contributed by atoms with van der Waals surface area (Å²) in [7, 11) is 0. The Morgan fingerprint density at radius 3 is 3.00 bits per heavy atom. The molecular formula is C8H13N3S. The van der Waals surface area contributed by atoms with E-state index >= 15 is 0 Å². The number of hydrogen-bond donors (Lipinski definition) is 1. The zero-order valence-corrected chi connectivity index (χ0v) is 7.76. The minimum Gasteiger partial charge on any atom is -0.322 e. The van der Waals surface area contributed by atoms with Crippen molar-refractivity contribution < 1.29 is 0 Å². The van der Waals surface area contributed by atoms with Crippen LogP contribution in [0.2, 0.25) is 0 Å². The van der Waals surface area contributed by atoms with Crippen molar-refractivity contribution in [3.63, 3.8) is 0 Å². The van der Waals surface area contributed by atoms with Crippen molar-refractivity contribution in [2.75, 3.05) is 19.6 Å². The van der Waals surface area contributed by atoms with Gasteiger partial charge in [-0.1, -0.05) is 0 Å². The van der Waals surface area contributed by atoms with Crippen LogP contribution >= 0.6 is 11.3 Å². The van der Waals surface area contributed by atoms with Gasteiger partial charge in [-0.3, -0.25) is 0 Å². The predicted molar refractivity (Wildman–Crippen MR) is 50.1 cm³/mol. The van der Waals surface area contributed by atoms with Crippen molar-refractivity contribution in [2.24, 2.45) is 5.73 Å². The van der Waals surface area contributed by atoms with E-state index in [9.17, 15) is 0 Å². The van der Waals surface area contributed by atoms with Crippen molar-refractivity contribution in [3.05, 3.63) is 16.6 Å². The van der Waals surface area contributed by atoms with Crippen LogP contribution in [0.15, 0.2) is 10.9 Å². The summed E-state index contributed by atoms with van der Waals surface area (Å²) < 4.78 is 0. The van der Waals surface area contributed by atoms with E-state index in [1.54, 1.807) is 11.3 Å². The largest absolute Gasteiger partial charge is 0.322 e. The van der Waals surface area contributed by atoms with Gasteiger partial charge in [0.25, 0.3) is 0 Å². The van der Waals surface area contributed by atoms with E-state index in [0.717, 1.165) is 12.2 Å². The molecule has 2 rings (SSSR count). The first-order valence-corrected chi connectivity index (χ1v) is 5.16. The van der Waals surface area contributed by atoms with Crippen LogP contribution in [-0.4, -0.2) is 29.5 Å². The fourth-order valence-electron chi connectivity index (χ4n) is 1.34. The normalized spacial score (nSPS) is 20.4. The molecule has 2 N–H and O–H groups in total. The fourth-order valence-corrected chi connectivity index (χ4v) is 1.96. The molecule has 2 heterocycles. The van der Waals surface area contributed by atoms with Crippen LogP contribution in [0.25, 0.3) is 0 Å². The summed E-state index contributed by atoms with van der Waals surface area (Å²) in [6.45, 7) is 3.37. The molecule has 3 nitrogen and oxygen atoms in total. The molecule has 1 aromatic heterocycles. The number of rotatable bonds is 3. The molecule has 0 spiro atoms. The Morgan fingerprint density at radius 1 is 1.67 bits per heavy atom. The van der Waals surface area contributed by atoms with Crippen LogP contribution in [0.5, 0.6) is 0 Å². The maximum Gasteiger partial charge on any atom is 0.0795 e. The van der Waals surface area contributed by atoms with Crippen molar-refractivity contribution in [1.29, 1.82) is 0 Å². The smallest absolute Gasteiger partial charge is 0.0795 e. The summed E-state index contributed by atoms with van der Waals surface area (Å²) in [6.07, 6.45) is 1.32. The molecule has 4 heteroatoms. The van der Waals surface area contributed by atoms with Crippen LogP contribution in [0, 0.1) is 0 Å². The van der Waals surface area contributed by atoms with Crippen molar-refractivity contribution >= 4 is 11.3 Å². The summed E-state index contributed by atoms with van der Waals surface area (Å²) in [5.41, 5.74) is 8.83. The molecule has 66 valence electrons. The first-order chi connectivity index (χ1) is 5.86. The lowest BCUT2D eigenvalue weighted by molar-refractivity contribution is 0.170. The Balaban J connectivity index is 1.87. The third-order valence-electron chi connectivity index (χ3n) is 2.23. The lowest BCUT2D eigenvalue weighted by Gasteiger charge is -2.32. The average molecular weight is 183 g/mol. The standard InChI is InChI=1S/C8H13N3S/c9-7(4-11-2-1-3-11)8-5-12-6-10-8/h5-7H,1-4,9H2. The number of likely N-dealkylation sites (tertiary alicyclic amines) is 1. The van der Waals surface area contributed by atoms with E-state index in [1.807, 2.05) is 10.9 Å². The molecule has 0 aromatic carbocycles. The topological polar surface area (TPSA) is 42.1 Å². The average Bonchev–Trinajstić information content (AvgIpc) is 2.47. The minimum atomic E-state index is 0.108. The summed E-state index contributed by atoms with van der Waals surface area (Å²) >= 11 is 1.61. The van der Waals surface area contributed by atoms with Gasteiger partial charge in [0.05, 0.1) is 17.2 Å². The Labute approximate surface area is 76.2 Å². The first-order valence-electron chi connectivity index (χ1n) is 4.22. The molecule has 1 aromatic rings. The van der Waals surface area contributed by atoms with Gasteiger partial charge in [0.15, 0.2) is 0 Å². The summed E-state index contributed by atoms with van der Waals surface area (Å²) in [6, 6.07) is 0.108. The molecule has 1 aliphatic rings. The van der Waals surface area contributed by atoms with Crippen LogP contribution < -0.4 is 5.73 Å². The highest BCUT2D eigenvalue weighted by Gasteiger charge is 2.18. The second-order valence-electron chi connectivity index (χ2n) is 3.17. The molecule has 0 saturated carbocycles. The lowest BCUT2D eigenvalue weighted by Crippen LogP contribution is -2.41. The monoisotopic (exact) mass is 183 g/mol. The maximum absolute atomic E-state index is 5.95. The van der Waals surface area contributed by atoms with Crippen LogP contribution in [0.3, 0.4) is 0 Å². The van der Waals surface area contributed by atoms with Gasteiger partial charge in [-0.25, -0.2) is 4.98 Å². The fraction of sp³-hybridized carbons (Fsp3) is 0.625. The number of aromatic nitrogens is 1. The van der Waals surface area contributed by atoms with Crippen molar-refractivity contribution in [1.82, 2.24) is 9.88 Å². The second-order valence-corrected chi connectivity index (χ2v) is 3.89. The Hall–Kier alpha value is -0.450.